The van der Waals surface area contributed by atoms with E-state index in [1.807, 2.05) is 11.9 Å². The van der Waals surface area contributed by atoms with Crippen LogP contribution in [0.2, 0.25) is 0 Å². The molecule has 9 heteroatoms. The van der Waals surface area contributed by atoms with Crippen LogP contribution in [-0.2, 0) is 22.3 Å². The third kappa shape index (κ3) is 6.64. The average Bonchev–Trinajstić information content (AvgIpc) is 2.61. The normalized spacial score (nSPS) is 16.9. The maximum atomic E-state index is 12.8. The molecule has 1 saturated heterocycles. The van der Waals surface area contributed by atoms with Crippen molar-refractivity contribution >= 4 is 18.3 Å². The second-order valence-corrected chi connectivity index (χ2v) is 6.73. The minimum atomic E-state index is -4.33. The van der Waals surface area contributed by atoms with Crippen LogP contribution in [0.3, 0.4) is 0 Å². The van der Waals surface area contributed by atoms with E-state index in [-0.39, 0.29) is 31.0 Å². The summed E-state index contributed by atoms with van der Waals surface area (Å²) >= 11 is 0. The van der Waals surface area contributed by atoms with Gasteiger partial charge in [-0.25, -0.2) is 0 Å². The van der Waals surface area contributed by atoms with Gasteiger partial charge in [-0.1, -0.05) is 18.2 Å². The molecule has 0 aliphatic carbocycles. The Kier molecular flexibility index (Phi) is 9.01. The van der Waals surface area contributed by atoms with Gasteiger partial charge in [0.25, 0.3) is 0 Å². The molecule has 2 rings (SSSR count). The van der Waals surface area contributed by atoms with Crippen molar-refractivity contribution in [3.63, 3.8) is 0 Å². The highest BCUT2D eigenvalue weighted by molar-refractivity contribution is 5.85. The molecule has 2 N–H and O–H groups in total. The molecule has 0 radical (unpaired) electrons. The molecule has 0 bridgehead atoms. The second kappa shape index (κ2) is 10.3. The zero-order chi connectivity index (χ0) is 19.3. The summed E-state index contributed by atoms with van der Waals surface area (Å²) in [7, 11) is 3.40. The molecule has 5 nitrogen and oxygen atoms in total. The number of hydrogen-bond acceptors (Lipinski definition) is 4. The van der Waals surface area contributed by atoms with Crippen LogP contribution in [0.15, 0.2) is 24.3 Å². The number of amides is 1. The van der Waals surface area contributed by atoms with E-state index >= 15 is 0 Å². The van der Waals surface area contributed by atoms with Crippen LogP contribution in [0.1, 0.15) is 24.0 Å². The van der Waals surface area contributed by atoms with Crippen molar-refractivity contribution in [2.45, 2.75) is 37.6 Å². The first-order chi connectivity index (χ1) is 12.2. The van der Waals surface area contributed by atoms with Gasteiger partial charge in [-0.15, -0.1) is 12.4 Å². The lowest BCUT2D eigenvalue weighted by atomic mass is 10.0. The monoisotopic (exact) mass is 409 g/mol. The summed E-state index contributed by atoms with van der Waals surface area (Å²) in [5, 5.41) is 0. The first-order valence-corrected chi connectivity index (χ1v) is 8.62. The molecule has 0 aromatic heterocycles. The topological polar surface area (TPSA) is 58.8 Å². The number of carbonyl (C=O) groups is 1. The van der Waals surface area contributed by atoms with Gasteiger partial charge in [0.2, 0.25) is 5.91 Å². The Labute approximate surface area is 164 Å². The van der Waals surface area contributed by atoms with E-state index in [4.69, 9.17) is 10.5 Å². The number of benzene rings is 1. The molecule has 154 valence electrons. The number of rotatable bonds is 6. The van der Waals surface area contributed by atoms with Crippen LogP contribution in [0.4, 0.5) is 13.2 Å². The van der Waals surface area contributed by atoms with Crippen LogP contribution < -0.4 is 5.73 Å². The first kappa shape index (κ1) is 23.7. The van der Waals surface area contributed by atoms with Gasteiger partial charge in [0.05, 0.1) is 12.2 Å². The first-order valence-electron chi connectivity index (χ1n) is 8.62. The summed E-state index contributed by atoms with van der Waals surface area (Å²) in [5.74, 6) is -0.120. The van der Waals surface area contributed by atoms with Crippen molar-refractivity contribution in [3.8, 4) is 0 Å². The number of hydrogen-bond donors (Lipinski definition) is 1. The molecule has 1 amide bonds. The highest BCUT2D eigenvalue weighted by Gasteiger charge is 2.31. The number of nitrogens with two attached hydrogens (primary N) is 1. The Hall–Kier alpha value is -1.35. The van der Waals surface area contributed by atoms with E-state index in [0.29, 0.717) is 25.2 Å². The number of likely N-dealkylation sites (tertiary alicyclic amines) is 1. The number of carbonyl (C=O) groups excluding carboxylic acids is 1. The lowest BCUT2D eigenvalue weighted by Crippen LogP contribution is -2.51. The van der Waals surface area contributed by atoms with Gasteiger partial charge in [-0.2, -0.15) is 13.2 Å². The van der Waals surface area contributed by atoms with Gasteiger partial charge >= 0.3 is 6.18 Å². The third-order valence-electron chi connectivity index (χ3n) is 4.75. The predicted molar refractivity (Wildman–Crippen MR) is 99.6 cm³/mol. The molecule has 1 aromatic rings. The van der Waals surface area contributed by atoms with Crippen molar-refractivity contribution in [2.24, 2.45) is 5.73 Å². The van der Waals surface area contributed by atoms with E-state index in [2.05, 4.69) is 0 Å². The zero-order valence-electron chi connectivity index (χ0n) is 15.5. The maximum absolute atomic E-state index is 12.8. The molecule has 1 aliphatic rings. The molecule has 1 unspecified atom stereocenters. The van der Waals surface area contributed by atoms with E-state index in [1.54, 1.807) is 11.0 Å². The summed E-state index contributed by atoms with van der Waals surface area (Å²) in [6, 6.07) is 4.97. The lowest BCUT2D eigenvalue weighted by molar-refractivity contribution is -0.137. The molecule has 27 heavy (non-hydrogen) atoms. The van der Waals surface area contributed by atoms with Gasteiger partial charge < -0.3 is 15.4 Å². The standard InChI is InChI=1S/C18H26F3N3O2.ClH/c1-23(11-13-4-3-5-14(10-13)18(19,20)21)15-6-8-24(9-7-15)17(25)16(22)12-26-2;/h3-5,10,15-16H,6-9,11-12,22H2,1-2H3;1H. The second-order valence-electron chi connectivity index (χ2n) is 6.73. The van der Waals surface area contributed by atoms with Crippen LogP contribution in [-0.4, -0.2) is 61.6 Å². The SMILES string of the molecule is COCC(N)C(=O)N1CCC(N(C)Cc2cccc(C(F)(F)F)c2)CC1.Cl. The summed E-state index contributed by atoms with van der Waals surface area (Å²) in [6.07, 6.45) is -2.80. The molecule has 1 atom stereocenters. The van der Waals surface area contributed by atoms with Gasteiger partial charge in [-0.05, 0) is 31.5 Å². The summed E-state index contributed by atoms with van der Waals surface area (Å²) in [4.78, 5) is 16.0. The minimum absolute atomic E-state index is 0. The third-order valence-corrected chi connectivity index (χ3v) is 4.75. The summed E-state index contributed by atoms with van der Waals surface area (Å²) in [6.45, 7) is 1.81. The van der Waals surface area contributed by atoms with Crippen molar-refractivity contribution in [1.82, 2.24) is 9.80 Å². The fraction of sp³-hybridized carbons (Fsp3) is 0.611. The molecular weight excluding hydrogens is 383 g/mol. The zero-order valence-corrected chi connectivity index (χ0v) is 16.4. The van der Waals surface area contributed by atoms with Crippen molar-refractivity contribution in [1.29, 1.82) is 0 Å². The highest BCUT2D eigenvalue weighted by Crippen LogP contribution is 2.30. The number of ether oxygens (including phenoxy) is 1. The molecular formula is C18H27ClF3N3O2. The number of methoxy groups -OCH3 is 1. The molecule has 1 aromatic carbocycles. The molecule has 0 saturated carbocycles. The van der Waals surface area contributed by atoms with Crippen molar-refractivity contribution < 1.29 is 22.7 Å². The fourth-order valence-electron chi connectivity index (χ4n) is 3.28. The number of halogens is 4. The van der Waals surface area contributed by atoms with Gasteiger partial charge in [0.15, 0.2) is 0 Å². The molecule has 0 spiro atoms. The van der Waals surface area contributed by atoms with Crippen LogP contribution in [0.25, 0.3) is 0 Å². The Morgan fingerprint density at radius 3 is 2.56 bits per heavy atom. The van der Waals surface area contributed by atoms with E-state index in [1.165, 1.54) is 19.2 Å². The number of nitrogens with zero attached hydrogens (tertiary/aromatic N) is 2. The smallest absolute Gasteiger partial charge is 0.383 e. The largest absolute Gasteiger partial charge is 0.416 e. The van der Waals surface area contributed by atoms with Crippen LogP contribution in [0, 0.1) is 0 Å². The Morgan fingerprint density at radius 2 is 2.00 bits per heavy atom. The van der Waals surface area contributed by atoms with Crippen molar-refractivity contribution in [2.75, 3.05) is 33.9 Å². The Morgan fingerprint density at radius 1 is 1.37 bits per heavy atom. The minimum Gasteiger partial charge on any atom is -0.383 e. The van der Waals surface area contributed by atoms with E-state index < -0.39 is 17.8 Å². The Balaban J connectivity index is 0.00000364. The molecule has 1 aliphatic heterocycles. The van der Waals surface area contributed by atoms with Gasteiger partial charge in [0.1, 0.15) is 6.04 Å². The van der Waals surface area contributed by atoms with Crippen LogP contribution >= 0.6 is 12.4 Å². The van der Waals surface area contributed by atoms with Crippen LogP contribution in [0.5, 0.6) is 0 Å². The summed E-state index contributed by atoms with van der Waals surface area (Å²) < 4.78 is 43.4. The lowest BCUT2D eigenvalue weighted by Gasteiger charge is -2.37. The molecule has 1 heterocycles. The number of piperidine rings is 1. The molecule has 1 fully saturated rings. The average molecular weight is 410 g/mol. The Bertz CT molecular complexity index is 608. The predicted octanol–water partition coefficient (Wildman–Crippen LogP) is 2.52. The quantitative estimate of drug-likeness (QED) is 0.784. The van der Waals surface area contributed by atoms with Gasteiger partial charge in [-0.3, -0.25) is 9.69 Å². The maximum Gasteiger partial charge on any atom is 0.416 e. The van der Waals surface area contributed by atoms with Crippen molar-refractivity contribution in [3.05, 3.63) is 35.4 Å². The highest BCUT2D eigenvalue weighted by atomic mass is 35.5. The fourth-order valence-corrected chi connectivity index (χ4v) is 3.28. The van der Waals surface area contributed by atoms with E-state index in [0.717, 1.165) is 18.9 Å². The van der Waals surface area contributed by atoms with E-state index in [9.17, 15) is 18.0 Å². The van der Waals surface area contributed by atoms with Gasteiger partial charge in [0, 0.05) is 32.8 Å². The summed E-state index contributed by atoms with van der Waals surface area (Å²) in [5.41, 5.74) is 5.78. The number of alkyl halides is 3.